The number of nitrogens with one attached hydrogen (secondary N) is 1. The molecule has 11 heteroatoms. The lowest BCUT2D eigenvalue weighted by atomic mass is 9.98. The van der Waals surface area contributed by atoms with E-state index in [0.29, 0.717) is 0 Å². The normalized spacial score (nSPS) is 31.0. The lowest BCUT2D eigenvalue weighted by Gasteiger charge is -2.40. The van der Waals surface area contributed by atoms with E-state index in [1.54, 1.807) is 0 Å². The molecule has 1 aliphatic heterocycles. The van der Waals surface area contributed by atoms with Crippen LogP contribution in [0, 0.1) is 0 Å². The van der Waals surface area contributed by atoms with Crippen LogP contribution < -0.4 is 15.6 Å². The molecular weight excluding hydrogens is 334 g/mol. The Hall–Kier alpha value is -1.43. The standard InChI is InChI=1S/C12H18ClN3O7/c1-16-11(21)5(13)9(15-12(16)22-2)14-10-8(20)7(19)6(18)4(3-17)23-10/h4,6-8,10,14,17-20H,3H2,1-2H3/t4-,6+,7+,8-,10-/m0/s1. The summed E-state index contributed by atoms with van der Waals surface area (Å²) in [7, 11) is 2.73. The average molecular weight is 352 g/mol. The molecule has 1 aromatic heterocycles. The molecular formula is C12H18ClN3O7. The fourth-order valence-corrected chi connectivity index (χ4v) is 2.41. The molecule has 0 spiro atoms. The van der Waals surface area contributed by atoms with E-state index < -0.39 is 42.8 Å². The van der Waals surface area contributed by atoms with Crippen LogP contribution in [-0.4, -0.2) is 74.3 Å². The fraction of sp³-hybridized carbons (Fsp3) is 0.667. The van der Waals surface area contributed by atoms with Crippen LogP contribution in [0.25, 0.3) is 0 Å². The van der Waals surface area contributed by atoms with Crippen molar-refractivity contribution in [3.63, 3.8) is 0 Å². The number of anilines is 1. The Bertz CT molecular complexity index is 623. The predicted octanol–water partition coefficient (Wildman–Crippen LogP) is -2.35. The van der Waals surface area contributed by atoms with Crippen molar-refractivity contribution in [3.8, 4) is 6.01 Å². The molecule has 2 heterocycles. The third-order valence-electron chi connectivity index (χ3n) is 3.55. The van der Waals surface area contributed by atoms with E-state index in [0.717, 1.165) is 4.57 Å². The number of aliphatic hydroxyl groups is 4. The molecule has 1 aliphatic rings. The van der Waals surface area contributed by atoms with Crippen LogP contribution in [0.5, 0.6) is 6.01 Å². The van der Waals surface area contributed by atoms with Crippen molar-refractivity contribution in [3.05, 3.63) is 15.4 Å². The van der Waals surface area contributed by atoms with E-state index in [-0.39, 0.29) is 16.9 Å². The molecule has 1 fully saturated rings. The maximum atomic E-state index is 12.0. The number of aliphatic hydroxyl groups excluding tert-OH is 4. The molecule has 0 aliphatic carbocycles. The van der Waals surface area contributed by atoms with Gasteiger partial charge in [-0.05, 0) is 0 Å². The zero-order valence-corrected chi connectivity index (χ0v) is 13.1. The highest BCUT2D eigenvalue weighted by Crippen LogP contribution is 2.25. The first kappa shape index (κ1) is 17.9. The molecule has 23 heavy (non-hydrogen) atoms. The van der Waals surface area contributed by atoms with Crippen LogP contribution in [-0.2, 0) is 11.8 Å². The number of halogens is 1. The van der Waals surface area contributed by atoms with Crippen molar-refractivity contribution in [1.29, 1.82) is 0 Å². The fourth-order valence-electron chi connectivity index (χ4n) is 2.19. The van der Waals surface area contributed by atoms with E-state index in [1.807, 2.05) is 0 Å². The van der Waals surface area contributed by atoms with Crippen LogP contribution in [0.3, 0.4) is 0 Å². The van der Waals surface area contributed by atoms with Gasteiger partial charge in [-0.1, -0.05) is 11.6 Å². The van der Waals surface area contributed by atoms with Gasteiger partial charge in [-0.25, -0.2) is 0 Å². The Balaban J connectivity index is 2.31. The lowest BCUT2D eigenvalue weighted by Crippen LogP contribution is -2.60. The van der Waals surface area contributed by atoms with Crippen molar-refractivity contribution < 1.29 is 29.9 Å². The highest BCUT2D eigenvalue weighted by atomic mass is 35.5. The molecule has 0 amide bonds. The number of methoxy groups -OCH3 is 1. The maximum Gasteiger partial charge on any atom is 0.300 e. The van der Waals surface area contributed by atoms with Crippen LogP contribution >= 0.6 is 11.6 Å². The van der Waals surface area contributed by atoms with Crippen molar-refractivity contribution in [2.75, 3.05) is 19.0 Å². The summed E-state index contributed by atoms with van der Waals surface area (Å²) in [6.45, 7) is -0.579. The second-order valence-corrected chi connectivity index (χ2v) is 5.40. The van der Waals surface area contributed by atoms with Gasteiger partial charge in [0, 0.05) is 7.05 Å². The van der Waals surface area contributed by atoms with Gasteiger partial charge in [0.2, 0.25) is 0 Å². The first-order chi connectivity index (χ1) is 10.8. The SMILES string of the molecule is COc1nc(N[C@H]2O[C@@H](CO)[C@@H](O)[C@@H](O)[C@@H]2O)c(Cl)c(=O)n1C. The molecule has 0 saturated carbocycles. The zero-order chi connectivity index (χ0) is 17.3. The largest absolute Gasteiger partial charge is 0.468 e. The first-order valence-electron chi connectivity index (χ1n) is 6.69. The molecule has 5 N–H and O–H groups in total. The van der Waals surface area contributed by atoms with Crippen molar-refractivity contribution in [2.45, 2.75) is 30.6 Å². The van der Waals surface area contributed by atoms with E-state index in [2.05, 4.69) is 10.3 Å². The Kier molecular flexibility index (Phi) is 5.45. The molecule has 0 aromatic carbocycles. The van der Waals surface area contributed by atoms with Crippen LogP contribution in [0.15, 0.2) is 4.79 Å². The Morgan fingerprint density at radius 2 is 2.00 bits per heavy atom. The van der Waals surface area contributed by atoms with Gasteiger partial charge in [0.1, 0.15) is 29.4 Å². The second kappa shape index (κ2) is 6.99. The number of ether oxygens (including phenoxy) is 2. The summed E-state index contributed by atoms with van der Waals surface area (Å²) in [5.74, 6) is -0.129. The van der Waals surface area contributed by atoms with E-state index in [4.69, 9.17) is 26.2 Å². The summed E-state index contributed by atoms with van der Waals surface area (Å²) >= 11 is 5.92. The smallest absolute Gasteiger partial charge is 0.300 e. The molecule has 10 nitrogen and oxygen atoms in total. The molecule has 5 atom stereocenters. The van der Waals surface area contributed by atoms with E-state index >= 15 is 0 Å². The summed E-state index contributed by atoms with van der Waals surface area (Å²) in [5.41, 5.74) is -0.592. The van der Waals surface area contributed by atoms with Gasteiger partial charge in [0.25, 0.3) is 5.56 Å². The maximum absolute atomic E-state index is 12.0. The topological polar surface area (TPSA) is 146 Å². The number of hydrogen-bond donors (Lipinski definition) is 5. The first-order valence-corrected chi connectivity index (χ1v) is 7.07. The summed E-state index contributed by atoms with van der Waals surface area (Å²) < 4.78 is 11.3. The van der Waals surface area contributed by atoms with Gasteiger partial charge in [0.15, 0.2) is 12.0 Å². The Morgan fingerprint density at radius 3 is 2.57 bits per heavy atom. The van der Waals surface area contributed by atoms with Gasteiger partial charge in [-0.15, -0.1) is 0 Å². The number of nitrogens with zero attached hydrogens (tertiary/aromatic N) is 2. The summed E-state index contributed by atoms with van der Waals surface area (Å²) in [6, 6.07) is -0.0357. The van der Waals surface area contributed by atoms with Crippen molar-refractivity contribution in [1.82, 2.24) is 9.55 Å². The third-order valence-corrected chi connectivity index (χ3v) is 3.89. The Labute approximate surface area is 135 Å². The quantitative estimate of drug-likeness (QED) is 0.402. The summed E-state index contributed by atoms with van der Waals surface area (Å²) in [5, 5.41) is 40.9. The highest BCUT2D eigenvalue weighted by Gasteiger charge is 2.43. The molecule has 0 bridgehead atoms. The lowest BCUT2D eigenvalue weighted by molar-refractivity contribution is -0.221. The number of hydrogen-bond acceptors (Lipinski definition) is 9. The number of aromatic nitrogens is 2. The summed E-state index contributed by atoms with van der Waals surface area (Å²) in [4.78, 5) is 15.9. The van der Waals surface area contributed by atoms with E-state index in [9.17, 15) is 20.1 Å². The monoisotopic (exact) mass is 351 g/mol. The highest BCUT2D eigenvalue weighted by molar-refractivity contribution is 6.32. The van der Waals surface area contributed by atoms with Gasteiger partial charge in [0.05, 0.1) is 13.7 Å². The third kappa shape index (κ3) is 3.27. The van der Waals surface area contributed by atoms with Gasteiger partial charge in [-0.2, -0.15) is 4.98 Å². The number of rotatable bonds is 4. The molecule has 0 unspecified atom stereocenters. The van der Waals surface area contributed by atoms with Gasteiger partial charge >= 0.3 is 6.01 Å². The van der Waals surface area contributed by atoms with Gasteiger partial charge in [-0.3, -0.25) is 9.36 Å². The molecule has 2 rings (SSSR count). The van der Waals surface area contributed by atoms with Crippen LogP contribution in [0.4, 0.5) is 5.82 Å². The van der Waals surface area contributed by atoms with Crippen molar-refractivity contribution >= 4 is 17.4 Å². The molecule has 1 aromatic rings. The molecule has 1 saturated heterocycles. The van der Waals surface area contributed by atoms with Crippen LogP contribution in [0.1, 0.15) is 0 Å². The minimum atomic E-state index is -1.56. The Morgan fingerprint density at radius 1 is 1.35 bits per heavy atom. The molecule has 0 radical (unpaired) electrons. The van der Waals surface area contributed by atoms with E-state index in [1.165, 1.54) is 14.2 Å². The van der Waals surface area contributed by atoms with Gasteiger partial charge < -0.3 is 35.2 Å². The average Bonchev–Trinajstić information content (AvgIpc) is 2.55. The second-order valence-electron chi connectivity index (χ2n) is 5.02. The minimum Gasteiger partial charge on any atom is -0.468 e. The molecule has 130 valence electrons. The minimum absolute atomic E-state index is 0.0357. The summed E-state index contributed by atoms with van der Waals surface area (Å²) in [6.07, 6.45) is -6.95. The predicted molar refractivity (Wildman–Crippen MR) is 78.4 cm³/mol. The van der Waals surface area contributed by atoms with Crippen LogP contribution in [0.2, 0.25) is 5.02 Å². The van der Waals surface area contributed by atoms with Crippen molar-refractivity contribution in [2.24, 2.45) is 7.05 Å². The zero-order valence-electron chi connectivity index (χ0n) is 12.4.